The molecule has 2 aliphatic rings. The van der Waals surface area contributed by atoms with Crippen LogP contribution in [0.15, 0.2) is 12.1 Å². The van der Waals surface area contributed by atoms with Gasteiger partial charge in [0.15, 0.2) is 5.78 Å². The van der Waals surface area contributed by atoms with Gasteiger partial charge in [-0.3, -0.25) is 4.79 Å². The topological polar surface area (TPSA) is 86.5 Å². The highest BCUT2D eigenvalue weighted by Crippen LogP contribution is 2.40. The number of fused-ring (bicyclic) bond motifs is 3. The van der Waals surface area contributed by atoms with E-state index < -0.39 is 10.3 Å². The van der Waals surface area contributed by atoms with Crippen molar-refractivity contribution in [3.63, 3.8) is 0 Å². The molecular formula is C15H17NO4S. The van der Waals surface area contributed by atoms with E-state index in [2.05, 4.69) is 0 Å². The Labute approximate surface area is 124 Å². The van der Waals surface area contributed by atoms with Crippen LogP contribution in [0.3, 0.4) is 0 Å². The van der Waals surface area contributed by atoms with Crippen LogP contribution in [0.1, 0.15) is 47.9 Å². The summed E-state index contributed by atoms with van der Waals surface area (Å²) in [6.45, 7) is 1.82. The van der Waals surface area contributed by atoms with Crippen molar-refractivity contribution in [2.24, 2.45) is 5.14 Å². The molecule has 1 aromatic rings. The van der Waals surface area contributed by atoms with E-state index in [1.807, 2.05) is 13.0 Å². The average Bonchev–Trinajstić information content (AvgIpc) is 2.42. The van der Waals surface area contributed by atoms with Crippen molar-refractivity contribution in [3.05, 3.63) is 34.4 Å². The molecule has 1 aromatic carbocycles. The Morgan fingerprint density at radius 3 is 2.52 bits per heavy atom. The lowest BCUT2D eigenvalue weighted by molar-refractivity contribution is -0.115. The van der Waals surface area contributed by atoms with Gasteiger partial charge in [0.2, 0.25) is 0 Å². The SMILES string of the molecule is CC1C(=O)C=Cc2c1cc(OS(N)(=O)=O)c1c2CCCC1. The summed E-state index contributed by atoms with van der Waals surface area (Å²) in [6.07, 6.45) is 7.11. The van der Waals surface area contributed by atoms with Crippen molar-refractivity contribution < 1.29 is 17.4 Å². The molecule has 0 fully saturated rings. The van der Waals surface area contributed by atoms with Crippen molar-refractivity contribution in [2.45, 2.75) is 38.5 Å². The van der Waals surface area contributed by atoms with Crippen LogP contribution in [0, 0.1) is 0 Å². The summed E-state index contributed by atoms with van der Waals surface area (Å²) in [5.74, 6) is 0.000713. The van der Waals surface area contributed by atoms with Crippen LogP contribution >= 0.6 is 0 Å². The van der Waals surface area contributed by atoms with Crippen molar-refractivity contribution in [1.82, 2.24) is 0 Å². The lowest BCUT2D eigenvalue weighted by Crippen LogP contribution is -2.22. The van der Waals surface area contributed by atoms with Gasteiger partial charge in [0.1, 0.15) is 5.75 Å². The van der Waals surface area contributed by atoms with Gasteiger partial charge in [-0.05, 0) is 60.1 Å². The van der Waals surface area contributed by atoms with E-state index in [1.165, 1.54) is 0 Å². The second-order valence-electron chi connectivity index (χ2n) is 5.58. The predicted octanol–water partition coefficient (Wildman–Crippen LogP) is 1.85. The molecule has 0 aromatic heterocycles. The van der Waals surface area contributed by atoms with Gasteiger partial charge in [-0.25, -0.2) is 0 Å². The zero-order chi connectivity index (χ0) is 15.2. The van der Waals surface area contributed by atoms with E-state index in [9.17, 15) is 13.2 Å². The molecule has 0 bridgehead atoms. The molecule has 0 heterocycles. The highest BCUT2D eigenvalue weighted by Gasteiger charge is 2.28. The molecule has 0 radical (unpaired) electrons. The fourth-order valence-corrected chi connectivity index (χ4v) is 3.57. The van der Waals surface area contributed by atoms with Gasteiger partial charge >= 0.3 is 10.3 Å². The lowest BCUT2D eigenvalue weighted by atomic mass is 9.79. The molecule has 2 N–H and O–H groups in total. The predicted molar refractivity (Wildman–Crippen MR) is 79.3 cm³/mol. The van der Waals surface area contributed by atoms with Crippen molar-refractivity contribution in [1.29, 1.82) is 0 Å². The maximum absolute atomic E-state index is 11.9. The minimum Gasteiger partial charge on any atom is -0.371 e. The first-order valence-corrected chi connectivity index (χ1v) is 8.47. The first-order chi connectivity index (χ1) is 9.87. The number of benzene rings is 1. The van der Waals surface area contributed by atoms with Gasteiger partial charge in [-0.2, -0.15) is 13.6 Å². The maximum atomic E-state index is 11.9. The molecule has 3 rings (SSSR count). The number of carbonyl (C=O) groups is 1. The van der Waals surface area contributed by atoms with Crippen LogP contribution in [0.2, 0.25) is 0 Å². The van der Waals surface area contributed by atoms with Crippen LogP contribution in [-0.2, 0) is 27.9 Å². The molecular weight excluding hydrogens is 290 g/mol. The second-order valence-corrected chi connectivity index (χ2v) is 6.73. The number of allylic oxidation sites excluding steroid dienone is 1. The van der Waals surface area contributed by atoms with Crippen LogP contribution in [0.4, 0.5) is 0 Å². The fraction of sp³-hybridized carbons (Fsp3) is 0.400. The van der Waals surface area contributed by atoms with Gasteiger partial charge in [0.25, 0.3) is 0 Å². The first kappa shape index (κ1) is 14.3. The Kier molecular flexibility index (Phi) is 3.37. The number of carbonyl (C=O) groups excluding carboxylic acids is 1. The third kappa shape index (κ3) is 2.61. The Bertz CT molecular complexity index is 749. The van der Waals surface area contributed by atoms with Gasteiger partial charge in [0, 0.05) is 5.92 Å². The summed E-state index contributed by atoms with van der Waals surface area (Å²) in [5, 5.41) is 5.01. The van der Waals surface area contributed by atoms with Crippen LogP contribution in [0.25, 0.3) is 6.08 Å². The Balaban J connectivity index is 2.23. The molecule has 1 unspecified atom stereocenters. The van der Waals surface area contributed by atoms with Crippen molar-refractivity contribution in [2.75, 3.05) is 0 Å². The molecule has 1 atom stereocenters. The fourth-order valence-electron chi connectivity index (χ4n) is 3.17. The summed E-state index contributed by atoms with van der Waals surface area (Å²) in [5.41, 5.74) is 3.86. The molecule has 0 saturated carbocycles. The van der Waals surface area contributed by atoms with Crippen LogP contribution in [-0.4, -0.2) is 14.2 Å². The standard InChI is InChI=1S/C15H17NO4S/c1-9-13-8-15(20-21(16,18)19)12-5-3-2-4-10(12)11(13)6-7-14(9)17/h6-9H,2-5H2,1H3,(H2,16,18,19). The van der Waals surface area contributed by atoms with E-state index >= 15 is 0 Å². The number of nitrogens with two attached hydrogens (primary N) is 1. The summed E-state index contributed by atoms with van der Waals surface area (Å²) < 4.78 is 27.5. The highest BCUT2D eigenvalue weighted by molar-refractivity contribution is 7.84. The van der Waals surface area contributed by atoms with Gasteiger partial charge < -0.3 is 4.18 Å². The minimum atomic E-state index is -4.07. The number of hydrogen-bond donors (Lipinski definition) is 1. The second kappa shape index (κ2) is 4.96. The number of hydrogen-bond acceptors (Lipinski definition) is 4. The summed E-state index contributed by atoms with van der Waals surface area (Å²) >= 11 is 0. The molecule has 112 valence electrons. The number of rotatable bonds is 2. The maximum Gasteiger partial charge on any atom is 0.380 e. The molecule has 0 saturated heterocycles. The third-order valence-corrected chi connectivity index (χ3v) is 4.61. The Morgan fingerprint density at radius 1 is 1.19 bits per heavy atom. The molecule has 21 heavy (non-hydrogen) atoms. The summed E-state index contributed by atoms with van der Waals surface area (Å²) in [4.78, 5) is 11.9. The molecule has 0 spiro atoms. The van der Waals surface area contributed by atoms with Gasteiger partial charge in [-0.1, -0.05) is 13.0 Å². The molecule has 6 heteroatoms. The smallest absolute Gasteiger partial charge is 0.371 e. The molecule has 0 aliphatic heterocycles. The van der Waals surface area contributed by atoms with Crippen molar-refractivity contribution in [3.8, 4) is 5.75 Å². The Hall–Kier alpha value is -1.66. The molecule has 5 nitrogen and oxygen atoms in total. The van der Waals surface area contributed by atoms with E-state index in [4.69, 9.17) is 9.32 Å². The van der Waals surface area contributed by atoms with Crippen LogP contribution < -0.4 is 9.32 Å². The molecule has 0 amide bonds. The molecule has 2 aliphatic carbocycles. The van der Waals surface area contributed by atoms with E-state index in [0.717, 1.165) is 47.9 Å². The van der Waals surface area contributed by atoms with E-state index in [0.29, 0.717) is 0 Å². The zero-order valence-corrected chi connectivity index (χ0v) is 12.6. The first-order valence-electron chi connectivity index (χ1n) is 6.99. The highest BCUT2D eigenvalue weighted by atomic mass is 32.2. The van der Waals surface area contributed by atoms with Gasteiger partial charge in [-0.15, -0.1) is 0 Å². The van der Waals surface area contributed by atoms with Crippen LogP contribution in [0.5, 0.6) is 5.75 Å². The third-order valence-electron chi connectivity index (χ3n) is 4.20. The van der Waals surface area contributed by atoms with Gasteiger partial charge in [0.05, 0.1) is 0 Å². The summed E-state index contributed by atoms with van der Waals surface area (Å²) in [7, 11) is -4.07. The average molecular weight is 307 g/mol. The summed E-state index contributed by atoms with van der Waals surface area (Å²) in [6, 6.07) is 1.66. The van der Waals surface area contributed by atoms with Crippen molar-refractivity contribution >= 4 is 22.2 Å². The van der Waals surface area contributed by atoms with E-state index in [-0.39, 0.29) is 17.5 Å². The minimum absolute atomic E-state index is 0.0137. The zero-order valence-electron chi connectivity index (χ0n) is 11.8. The monoisotopic (exact) mass is 307 g/mol. The largest absolute Gasteiger partial charge is 0.380 e. The Morgan fingerprint density at radius 2 is 1.86 bits per heavy atom. The lowest BCUT2D eigenvalue weighted by Gasteiger charge is -2.27. The van der Waals surface area contributed by atoms with E-state index in [1.54, 1.807) is 12.1 Å². The number of ketones is 1. The quantitative estimate of drug-likeness (QED) is 0.903. The normalized spacial score (nSPS) is 20.9.